The summed E-state index contributed by atoms with van der Waals surface area (Å²) >= 11 is 0. The summed E-state index contributed by atoms with van der Waals surface area (Å²) < 4.78 is 6.97. The zero-order valence-corrected chi connectivity index (χ0v) is 13.4. The summed E-state index contributed by atoms with van der Waals surface area (Å²) in [6.07, 6.45) is 0. The zero-order chi connectivity index (χ0) is 17.3. The molecule has 5 nitrogen and oxygen atoms in total. The molecule has 0 saturated carbocycles. The number of fused-ring (bicyclic) bond motifs is 1. The Morgan fingerprint density at radius 1 is 1.17 bits per heavy atom. The topological polar surface area (TPSA) is 68.5 Å². The van der Waals surface area contributed by atoms with Crippen molar-refractivity contribution in [3.8, 4) is 5.75 Å². The van der Waals surface area contributed by atoms with Crippen LogP contribution in [0.2, 0.25) is 0 Å². The van der Waals surface area contributed by atoms with E-state index in [1.807, 2.05) is 31.2 Å². The van der Waals surface area contributed by atoms with Crippen LogP contribution in [0.15, 0.2) is 53.3 Å². The van der Waals surface area contributed by atoms with Crippen LogP contribution in [-0.2, 0) is 6.54 Å². The number of aromatic carboxylic acids is 1. The molecule has 0 spiro atoms. The van der Waals surface area contributed by atoms with E-state index in [0.29, 0.717) is 23.2 Å². The molecule has 1 N–H and O–H groups in total. The van der Waals surface area contributed by atoms with Gasteiger partial charge in [-0.25, -0.2) is 4.79 Å². The van der Waals surface area contributed by atoms with Gasteiger partial charge < -0.3 is 14.4 Å². The largest absolute Gasteiger partial charge is 0.495 e. The first-order chi connectivity index (χ1) is 11.5. The van der Waals surface area contributed by atoms with Gasteiger partial charge in [0.25, 0.3) is 5.56 Å². The van der Waals surface area contributed by atoms with Gasteiger partial charge in [0, 0.05) is 11.5 Å². The number of hydrogen-bond donors (Lipinski definition) is 1. The van der Waals surface area contributed by atoms with E-state index in [1.54, 1.807) is 16.7 Å². The van der Waals surface area contributed by atoms with Crippen molar-refractivity contribution >= 4 is 16.9 Å². The lowest BCUT2D eigenvalue weighted by Gasteiger charge is -2.15. The second-order valence-electron chi connectivity index (χ2n) is 5.61. The van der Waals surface area contributed by atoms with E-state index in [4.69, 9.17) is 4.74 Å². The summed E-state index contributed by atoms with van der Waals surface area (Å²) in [6.45, 7) is 2.39. The lowest BCUT2D eigenvalue weighted by Crippen LogP contribution is -2.21. The zero-order valence-electron chi connectivity index (χ0n) is 13.4. The molecule has 3 rings (SSSR count). The Labute approximate surface area is 138 Å². The molecule has 0 amide bonds. The van der Waals surface area contributed by atoms with E-state index in [-0.39, 0.29) is 11.1 Å². The highest BCUT2D eigenvalue weighted by Crippen LogP contribution is 2.27. The fourth-order valence-electron chi connectivity index (χ4n) is 2.80. The third-order valence-electron chi connectivity index (χ3n) is 4.10. The molecule has 0 fully saturated rings. The molecule has 1 aromatic heterocycles. The van der Waals surface area contributed by atoms with Crippen molar-refractivity contribution < 1.29 is 14.6 Å². The molecule has 0 atom stereocenters. The van der Waals surface area contributed by atoms with Crippen LogP contribution in [0.3, 0.4) is 0 Å². The average molecular weight is 323 g/mol. The highest BCUT2D eigenvalue weighted by molar-refractivity contribution is 5.96. The van der Waals surface area contributed by atoms with Crippen LogP contribution in [0.4, 0.5) is 0 Å². The second kappa shape index (κ2) is 6.20. The SMILES string of the molecule is COc1cc(C(=O)O)cc2ccc(=O)n(Cc3ccccc3C)c12. The lowest BCUT2D eigenvalue weighted by atomic mass is 10.1. The van der Waals surface area contributed by atoms with Gasteiger partial charge in [-0.3, -0.25) is 4.79 Å². The van der Waals surface area contributed by atoms with E-state index < -0.39 is 5.97 Å². The maximum Gasteiger partial charge on any atom is 0.335 e. The van der Waals surface area contributed by atoms with Crippen LogP contribution in [-0.4, -0.2) is 22.8 Å². The molecule has 0 bridgehead atoms. The summed E-state index contributed by atoms with van der Waals surface area (Å²) in [5, 5.41) is 9.89. The summed E-state index contributed by atoms with van der Waals surface area (Å²) in [6, 6.07) is 13.9. The lowest BCUT2D eigenvalue weighted by molar-refractivity contribution is 0.0696. The van der Waals surface area contributed by atoms with Crippen LogP contribution < -0.4 is 10.3 Å². The first-order valence-electron chi connectivity index (χ1n) is 7.50. The fraction of sp³-hybridized carbons (Fsp3) is 0.158. The molecule has 24 heavy (non-hydrogen) atoms. The van der Waals surface area contributed by atoms with E-state index >= 15 is 0 Å². The molecule has 0 aliphatic heterocycles. The number of carboxylic acids is 1. The highest BCUT2D eigenvalue weighted by Gasteiger charge is 2.14. The molecule has 3 aromatic rings. The predicted molar refractivity (Wildman–Crippen MR) is 92.0 cm³/mol. The number of aryl methyl sites for hydroxylation is 1. The van der Waals surface area contributed by atoms with Gasteiger partial charge in [0.15, 0.2) is 0 Å². The van der Waals surface area contributed by atoms with Crippen LogP contribution >= 0.6 is 0 Å². The van der Waals surface area contributed by atoms with Gasteiger partial charge >= 0.3 is 5.97 Å². The van der Waals surface area contributed by atoms with Crippen LogP contribution in [0.5, 0.6) is 5.75 Å². The summed E-state index contributed by atoms with van der Waals surface area (Å²) in [5.74, 6) is -0.664. The Hall–Kier alpha value is -3.08. The first kappa shape index (κ1) is 15.8. The second-order valence-corrected chi connectivity index (χ2v) is 5.61. The number of carboxylic acid groups (broad SMARTS) is 1. The average Bonchev–Trinajstić information content (AvgIpc) is 2.58. The van der Waals surface area contributed by atoms with Crippen molar-refractivity contribution in [3.63, 3.8) is 0 Å². The predicted octanol–water partition coefficient (Wildman–Crippen LogP) is 3.07. The van der Waals surface area contributed by atoms with Crippen molar-refractivity contribution in [1.29, 1.82) is 0 Å². The normalized spacial score (nSPS) is 10.8. The number of carbonyl (C=O) groups is 1. The monoisotopic (exact) mass is 323 g/mol. The molecule has 0 saturated heterocycles. The number of nitrogens with zero attached hydrogens (tertiary/aromatic N) is 1. The Balaban J connectivity index is 2.27. The van der Waals surface area contributed by atoms with Gasteiger partial charge in [0.05, 0.1) is 24.7 Å². The number of rotatable bonds is 4. The Kier molecular flexibility index (Phi) is 4.08. The van der Waals surface area contributed by atoms with Gasteiger partial charge in [-0.2, -0.15) is 0 Å². The van der Waals surface area contributed by atoms with E-state index in [1.165, 1.54) is 19.2 Å². The number of pyridine rings is 1. The third kappa shape index (κ3) is 2.76. The summed E-state index contributed by atoms with van der Waals surface area (Å²) in [5.41, 5.74) is 2.67. The minimum Gasteiger partial charge on any atom is -0.495 e. The van der Waals surface area contributed by atoms with Crippen molar-refractivity contribution in [2.45, 2.75) is 13.5 Å². The maximum atomic E-state index is 12.4. The van der Waals surface area contributed by atoms with Crippen molar-refractivity contribution in [2.24, 2.45) is 0 Å². The molecule has 0 aliphatic rings. The molecule has 2 aromatic carbocycles. The fourth-order valence-corrected chi connectivity index (χ4v) is 2.80. The smallest absolute Gasteiger partial charge is 0.335 e. The molecule has 122 valence electrons. The minimum atomic E-state index is -1.04. The number of aromatic nitrogens is 1. The van der Waals surface area contributed by atoms with Gasteiger partial charge in [-0.05, 0) is 36.2 Å². The number of benzene rings is 2. The van der Waals surface area contributed by atoms with Gasteiger partial charge in [0.1, 0.15) is 5.75 Å². The Bertz CT molecular complexity index is 988. The third-order valence-corrected chi connectivity index (χ3v) is 4.10. The van der Waals surface area contributed by atoms with Crippen molar-refractivity contribution in [2.75, 3.05) is 7.11 Å². The molecule has 1 heterocycles. The quantitative estimate of drug-likeness (QED) is 0.801. The molecule has 0 aliphatic carbocycles. The van der Waals surface area contributed by atoms with Crippen LogP contribution in [0.25, 0.3) is 10.9 Å². The number of ether oxygens (including phenoxy) is 1. The van der Waals surface area contributed by atoms with E-state index in [9.17, 15) is 14.7 Å². The first-order valence-corrected chi connectivity index (χ1v) is 7.50. The summed E-state index contributed by atoms with van der Waals surface area (Å²) in [7, 11) is 1.47. The van der Waals surface area contributed by atoms with E-state index in [0.717, 1.165) is 11.1 Å². The maximum absolute atomic E-state index is 12.4. The standard InChI is InChI=1S/C19H17NO4/c1-12-5-3-4-6-14(12)11-20-17(21)8-7-13-9-15(19(22)23)10-16(24-2)18(13)20/h3-10H,11H2,1-2H3,(H,22,23). The van der Waals surface area contributed by atoms with Crippen molar-refractivity contribution in [3.05, 3.63) is 75.6 Å². The van der Waals surface area contributed by atoms with Crippen molar-refractivity contribution in [1.82, 2.24) is 4.57 Å². The molecular formula is C19H17NO4. The Morgan fingerprint density at radius 3 is 2.58 bits per heavy atom. The minimum absolute atomic E-state index is 0.125. The molecular weight excluding hydrogens is 306 g/mol. The molecule has 5 heteroatoms. The number of methoxy groups -OCH3 is 1. The van der Waals surface area contributed by atoms with Gasteiger partial charge in [-0.15, -0.1) is 0 Å². The molecule has 0 unspecified atom stereocenters. The molecule has 0 radical (unpaired) electrons. The summed E-state index contributed by atoms with van der Waals surface area (Å²) in [4.78, 5) is 23.7. The van der Waals surface area contributed by atoms with Gasteiger partial charge in [-0.1, -0.05) is 24.3 Å². The number of hydrogen-bond acceptors (Lipinski definition) is 3. The highest BCUT2D eigenvalue weighted by atomic mass is 16.5. The van der Waals surface area contributed by atoms with E-state index in [2.05, 4.69) is 0 Å². The van der Waals surface area contributed by atoms with Gasteiger partial charge in [0.2, 0.25) is 0 Å². The van der Waals surface area contributed by atoms with Crippen LogP contribution in [0, 0.1) is 6.92 Å². The Morgan fingerprint density at radius 2 is 1.92 bits per heavy atom. The van der Waals surface area contributed by atoms with Crippen LogP contribution in [0.1, 0.15) is 21.5 Å².